The summed E-state index contributed by atoms with van der Waals surface area (Å²) in [5.74, 6) is -0.332. The fourth-order valence-corrected chi connectivity index (χ4v) is 2.53. The van der Waals surface area contributed by atoms with E-state index in [0.717, 1.165) is 5.56 Å². The number of carbonyl (C=O) groups is 1. The molecule has 0 aliphatic carbocycles. The van der Waals surface area contributed by atoms with E-state index in [9.17, 15) is 14.9 Å². The van der Waals surface area contributed by atoms with Gasteiger partial charge in [-0.3, -0.25) is 14.9 Å². The van der Waals surface area contributed by atoms with Crippen LogP contribution in [0.25, 0.3) is 0 Å². The molecule has 0 radical (unpaired) electrons. The Morgan fingerprint density at radius 1 is 1.42 bits per heavy atom. The molecule has 0 saturated heterocycles. The number of carbonyl (C=O) groups excluding carboxylic acids is 1. The smallest absolute Gasteiger partial charge is 0.284 e. The second kappa shape index (κ2) is 5.94. The minimum absolute atomic E-state index is 0.122. The Bertz CT molecular complexity index is 613. The molecule has 0 spiro atoms. The number of nitro benzene ring substituents is 1. The lowest BCUT2D eigenvalue weighted by atomic mass is 10.2. The summed E-state index contributed by atoms with van der Waals surface area (Å²) in [4.78, 5) is 22.1. The van der Waals surface area contributed by atoms with Gasteiger partial charge in [-0.1, -0.05) is 0 Å². The van der Waals surface area contributed by atoms with Crippen LogP contribution in [-0.2, 0) is 6.54 Å². The average Bonchev–Trinajstić information content (AvgIpc) is 2.89. The van der Waals surface area contributed by atoms with E-state index in [-0.39, 0.29) is 17.2 Å². The summed E-state index contributed by atoms with van der Waals surface area (Å²) >= 11 is 4.63. The Labute approximate surface area is 121 Å². The summed E-state index contributed by atoms with van der Waals surface area (Å²) in [7, 11) is 0. The number of nitro groups is 1. The summed E-state index contributed by atoms with van der Waals surface area (Å²) in [6.07, 6.45) is 0. The quantitative estimate of drug-likeness (QED) is 0.685. The number of hydrogen-bond acceptors (Lipinski definition) is 4. The predicted octanol–water partition coefficient (Wildman–Crippen LogP) is 3.35. The van der Waals surface area contributed by atoms with Crippen LogP contribution in [0.5, 0.6) is 0 Å². The van der Waals surface area contributed by atoms with Crippen LogP contribution in [0.4, 0.5) is 5.69 Å². The fourth-order valence-electron chi connectivity index (χ4n) is 1.47. The van der Waals surface area contributed by atoms with Gasteiger partial charge < -0.3 is 5.32 Å². The summed E-state index contributed by atoms with van der Waals surface area (Å²) in [6.45, 7) is 0.409. The van der Waals surface area contributed by atoms with E-state index in [2.05, 4.69) is 21.2 Å². The lowest BCUT2D eigenvalue weighted by Gasteiger charge is -2.04. The van der Waals surface area contributed by atoms with Crippen LogP contribution < -0.4 is 5.32 Å². The zero-order chi connectivity index (χ0) is 13.8. The highest BCUT2D eigenvalue weighted by Gasteiger charge is 2.15. The molecule has 7 heteroatoms. The molecule has 1 aromatic heterocycles. The third-order valence-corrected chi connectivity index (χ3v) is 3.84. The summed E-state index contributed by atoms with van der Waals surface area (Å²) in [5.41, 5.74) is 1.15. The Balaban J connectivity index is 2.11. The topological polar surface area (TPSA) is 72.2 Å². The third-order valence-electron chi connectivity index (χ3n) is 2.44. The van der Waals surface area contributed by atoms with E-state index in [1.165, 1.54) is 12.1 Å². The van der Waals surface area contributed by atoms with Crippen LogP contribution in [0.2, 0.25) is 0 Å². The minimum atomic E-state index is -0.528. The molecule has 98 valence electrons. The van der Waals surface area contributed by atoms with Gasteiger partial charge in [0.25, 0.3) is 11.6 Å². The van der Waals surface area contributed by atoms with E-state index in [1.54, 1.807) is 17.4 Å². The molecule has 1 amide bonds. The van der Waals surface area contributed by atoms with Crippen molar-refractivity contribution in [1.29, 1.82) is 0 Å². The summed E-state index contributed by atoms with van der Waals surface area (Å²) in [5, 5.41) is 17.4. The summed E-state index contributed by atoms with van der Waals surface area (Å²) in [6, 6.07) is 6.21. The van der Waals surface area contributed by atoms with Crippen molar-refractivity contribution in [1.82, 2.24) is 5.32 Å². The number of nitrogens with one attached hydrogen (secondary N) is 1. The number of amides is 1. The maximum absolute atomic E-state index is 11.9. The molecule has 0 unspecified atom stereocenters. The van der Waals surface area contributed by atoms with Crippen molar-refractivity contribution in [2.24, 2.45) is 0 Å². The lowest BCUT2D eigenvalue weighted by Crippen LogP contribution is -2.22. The number of nitrogens with zero attached hydrogens (tertiary/aromatic N) is 1. The first-order valence-corrected chi connectivity index (χ1v) is 7.04. The van der Waals surface area contributed by atoms with Gasteiger partial charge in [0.2, 0.25) is 0 Å². The molecular formula is C12H9BrN2O3S. The molecule has 2 rings (SSSR count). The Kier molecular flexibility index (Phi) is 4.28. The van der Waals surface area contributed by atoms with Crippen molar-refractivity contribution >= 4 is 38.9 Å². The Hall–Kier alpha value is -1.73. The van der Waals surface area contributed by atoms with Gasteiger partial charge >= 0.3 is 0 Å². The molecule has 0 aliphatic rings. The standard InChI is InChI=1S/C12H9BrN2O3S/c13-10-2-1-9(5-11(10)15(17)18)12(16)14-6-8-3-4-19-7-8/h1-5,7H,6H2,(H,14,16). The van der Waals surface area contributed by atoms with Crippen LogP contribution in [0.3, 0.4) is 0 Å². The normalized spacial score (nSPS) is 10.2. The van der Waals surface area contributed by atoms with Gasteiger partial charge in [-0.25, -0.2) is 0 Å². The van der Waals surface area contributed by atoms with Gasteiger partial charge in [0, 0.05) is 18.2 Å². The van der Waals surface area contributed by atoms with E-state index in [4.69, 9.17) is 0 Å². The fraction of sp³-hybridized carbons (Fsp3) is 0.0833. The minimum Gasteiger partial charge on any atom is -0.348 e. The number of halogens is 1. The SMILES string of the molecule is O=C(NCc1ccsc1)c1ccc(Br)c([N+](=O)[O-])c1. The highest BCUT2D eigenvalue weighted by molar-refractivity contribution is 9.10. The largest absolute Gasteiger partial charge is 0.348 e. The first-order valence-electron chi connectivity index (χ1n) is 5.31. The van der Waals surface area contributed by atoms with Crippen molar-refractivity contribution in [2.45, 2.75) is 6.54 Å². The van der Waals surface area contributed by atoms with Gasteiger partial charge in [-0.15, -0.1) is 0 Å². The van der Waals surface area contributed by atoms with E-state index in [0.29, 0.717) is 11.0 Å². The second-order valence-corrected chi connectivity index (χ2v) is 5.37. The molecule has 5 nitrogen and oxygen atoms in total. The molecule has 0 aliphatic heterocycles. The molecule has 1 aromatic carbocycles. The van der Waals surface area contributed by atoms with Gasteiger partial charge in [0.15, 0.2) is 0 Å². The lowest BCUT2D eigenvalue weighted by molar-refractivity contribution is -0.385. The molecule has 1 heterocycles. The molecule has 2 aromatic rings. The van der Waals surface area contributed by atoms with Crippen molar-refractivity contribution in [2.75, 3.05) is 0 Å². The zero-order valence-electron chi connectivity index (χ0n) is 9.63. The number of rotatable bonds is 4. The number of benzene rings is 1. The highest BCUT2D eigenvalue weighted by Crippen LogP contribution is 2.25. The van der Waals surface area contributed by atoms with E-state index >= 15 is 0 Å². The van der Waals surface area contributed by atoms with E-state index < -0.39 is 4.92 Å². The predicted molar refractivity (Wildman–Crippen MR) is 76.3 cm³/mol. The van der Waals surface area contributed by atoms with Crippen molar-refractivity contribution in [3.63, 3.8) is 0 Å². The van der Waals surface area contributed by atoms with Crippen LogP contribution >= 0.6 is 27.3 Å². The average molecular weight is 341 g/mol. The van der Waals surface area contributed by atoms with Crippen LogP contribution in [-0.4, -0.2) is 10.8 Å². The molecule has 0 bridgehead atoms. The molecule has 0 fully saturated rings. The van der Waals surface area contributed by atoms with Crippen molar-refractivity contribution < 1.29 is 9.72 Å². The van der Waals surface area contributed by atoms with Gasteiger partial charge in [-0.05, 0) is 50.5 Å². The third kappa shape index (κ3) is 3.39. The molecule has 19 heavy (non-hydrogen) atoms. The molecule has 1 N–H and O–H groups in total. The van der Waals surface area contributed by atoms with Crippen LogP contribution in [0, 0.1) is 10.1 Å². The molecule has 0 saturated carbocycles. The van der Waals surface area contributed by atoms with Gasteiger partial charge in [-0.2, -0.15) is 11.3 Å². The van der Waals surface area contributed by atoms with Gasteiger partial charge in [0.05, 0.1) is 9.40 Å². The van der Waals surface area contributed by atoms with Crippen LogP contribution in [0.15, 0.2) is 39.5 Å². The Morgan fingerprint density at radius 2 is 2.21 bits per heavy atom. The van der Waals surface area contributed by atoms with E-state index in [1.807, 2.05) is 16.8 Å². The zero-order valence-corrected chi connectivity index (χ0v) is 12.0. The second-order valence-electron chi connectivity index (χ2n) is 3.74. The molecule has 0 atom stereocenters. The van der Waals surface area contributed by atoms with Crippen molar-refractivity contribution in [3.8, 4) is 0 Å². The van der Waals surface area contributed by atoms with Crippen LogP contribution in [0.1, 0.15) is 15.9 Å². The van der Waals surface area contributed by atoms with Gasteiger partial charge in [0.1, 0.15) is 0 Å². The maximum Gasteiger partial charge on any atom is 0.284 e. The highest BCUT2D eigenvalue weighted by atomic mass is 79.9. The monoisotopic (exact) mass is 340 g/mol. The molecular weight excluding hydrogens is 332 g/mol. The number of thiophene rings is 1. The number of hydrogen-bond donors (Lipinski definition) is 1. The first-order chi connectivity index (χ1) is 9.08. The van der Waals surface area contributed by atoms with Crippen molar-refractivity contribution in [3.05, 3.63) is 60.7 Å². The maximum atomic E-state index is 11.9. The first kappa shape index (κ1) is 13.7. The Morgan fingerprint density at radius 3 is 2.84 bits per heavy atom. The summed E-state index contributed by atoms with van der Waals surface area (Å²) < 4.78 is 0.354.